The number of hydrogen-bond donors (Lipinski definition) is 5. The zero-order valence-corrected chi connectivity index (χ0v) is 38.7. The molecule has 0 bridgehead atoms. The van der Waals surface area contributed by atoms with Crippen molar-refractivity contribution >= 4 is 7.94 Å². The minimum absolute atomic E-state index is 0.111. The molecule has 0 aromatic heterocycles. The second kappa shape index (κ2) is 21.1. The van der Waals surface area contributed by atoms with E-state index in [1.165, 1.54) is 38.5 Å². The van der Waals surface area contributed by atoms with Gasteiger partial charge in [0.2, 0.25) is 0 Å². The first-order chi connectivity index (χ1) is 26.7. The van der Waals surface area contributed by atoms with Crippen LogP contribution in [0.2, 0.25) is 0 Å². The molecule has 0 saturated carbocycles. The summed E-state index contributed by atoms with van der Waals surface area (Å²) >= 11 is 0. The summed E-state index contributed by atoms with van der Waals surface area (Å²) in [7, 11) is -4.40. The van der Waals surface area contributed by atoms with Gasteiger partial charge in [0.25, 0.3) is 0 Å². The SMILES string of the molecule is CCCCCCCCCCC(CC(O[PH](O)(O)CCCC)(c1ccc(O)cc1C(C)(C)CC)c1ccc(O)cc1C(C)(C)CC)c1ccc(O)cc1C(C)(C)CC. The number of rotatable bonds is 25. The summed E-state index contributed by atoms with van der Waals surface area (Å²) in [5, 5.41) is 33.2. The van der Waals surface area contributed by atoms with Gasteiger partial charge in [0.15, 0.2) is 0 Å². The van der Waals surface area contributed by atoms with Gasteiger partial charge in [-0.2, -0.15) is 0 Å². The molecule has 1 unspecified atom stereocenters. The molecule has 0 fully saturated rings. The van der Waals surface area contributed by atoms with E-state index in [-0.39, 0.29) is 34.7 Å². The van der Waals surface area contributed by atoms with Gasteiger partial charge in [-0.3, -0.25) is 0 Å². The van der Waals surface area contributed by atoms with Crippen molar-refractivity contribution in [3.8, 4) is 17.2 Å². The summed E-state index contributed by atoms with van der Waals surface area (Å²) in [6, 6.07) is 16.8. The van der Waals surface area contributed by atoms with Crippen molar-refractivity contribution in [1.82, 2.24) is 0 Å². The molecule has 0 heterocycles. The maximum atomic E-state index is 12.2. The van der Waals surface area contributed by atoms with Crippen molar-refractivity contribution in [1.29, 1.82) is 0 Å². The molecule has 0 aliphatic heterocycles. The first-order valence-electron chi connectivity index (χ1n) is 22.4. The Morgan fingerprint density at radius 1 is 0.509 bits per heavy atom. The van der Waals surface area contributed by atoms with Crippen molar-refractivity contribution in [2.24, 2.45) is 0 Å². The molecule has 0 aliphatic carbocycles. The van der Waals surface area contributed by atoms with Gasteiger partial charge in [-0.1, -0.05) is 13.3 Å². The van der Waals surface area contributed by atoms with E-state index < -0.39 is 24.4 Å². The monoisotopic (exact) mass is 809 g/mol. The van der Waals surface area contributed by atoms with Crippen molar-refractivity contribution in [2.45, 2.75) is 200 Å². The van der Waals surface area contributed by atoms with Crippen molar-refractivity contribution < 1.29 is 29.6 Å². The summed E-state index contributed by atoms with van der Waals surface area (Å²) in [5.41, 5.74) is 3.14. The van der Waals surface area contributed by atoms with Crippen LogP contribution in [0.1, 0.15) is 212 Å². The molecule has 7 heteroatoms. The van der Waals surface area contributed by atoms with Crippen LogP contribution in [0.5, 0.6) is 17.2 Å². The molecule has 3 rings (SSSR count). The maximum absolute atomic E-state index is 12.2. The Hall–Kier alpha value is -2.63. The fourth-order valence-corrected chi connectivity index (χ4v) is 10.2. The number of hydrogen-bond acceptors (Lipinski definition) is 6. The molecular formula is C50H81O6P. The molecule has 322 valence electrons. The number of unbranched alkanes of at least 4 members (excludes halogenated alkanes) is 8. The second-order valence-corrected chi connectivity index (χ2v) is 21.1. The Bertz CT molecular complexity index is 1630. The van der Waals surface area contributed by atoms with Crippen LogP contribution in [0.25, 0.3) is 0 Å². The average molecular weight is 809 g/mol. The molecule has 5 N–H and O–H groups in total. The minimum atomic E-state index is -4.40. The molecule has 0 radical (unpaired) electrons. The quantitative estimate of drug-likeness (QED) is 0.0431. The summed E-state index contributed by atoms with van der Waals surface area (Å²) in [4.78, 5) is 24.5. The number of aromatic hydroxyl groups is 3. The van der Waals surface area contributed by atoms with E-state index in [0.29, 0.717) is 12.8 Å². The first-order valence-corrected chi connectivity index (χ1v) is 24.4. The zero-order chi connectivity index (χ0) is 42.7. The molecule has 0 spiro atoms. The van der Waals surface area contributed by atoms with E-state index >= 15 is 0 Å². The molecule has 3 aromatic carbocycles. The van der Waals surface area contributed by atoms with Gasteiger partial charge < -0.3 is 0 Å². The van der Waals surface area contributed by atoms with E-state index in [0.717, 1.165) is 78.3 Å². The third-order valence-corrected chi connectivity index (χ3v) is 15.0. The van der Waals surface area contributed by atoms with Crippen LogP contribution < -0.4 is 0 Å². The summed E-state index contributed by atoms with van der Waals surface area (Å²) < 4.78 is 7.29. The fourth-order valence-electron chi connectivity index (χ4n) is 8.44. The first kappa shape index (κ1) is 48.7. The predicted molar refractivity (Wildman–Crippen MR) is 243 cm³/mol. The fraction of sp³-hybridized carbons (Fsp3) is 0.640. The van der Waals surface area contributed by atoms with Crippen LogP contribution in [-0.2, 0) is 26.4 Å². The number of phenols is 3. The Morgan fingerprint density at radius 3 is 1.37 bits per heavy atom. The van der Waals surface area contributed by atoms with Gasteiger partial charge in [0.1, 0.15) is 0 Å². The van der Waals surface area contributed by atoms with E-state index in [9.17, 15) is 25.1 Å². The second-order valence-electron chi connectivity index (χ2n) is 18.9. The summed E-state index contributed by atoms with van der Waals surface area (Å²) in [6.45, 7) is 23.9. The van der Waals surface area contributed by atoms with Gasteiger partial charge in [0, 0.05) is 0 Å². The standard InChI is InChI=1S/C50H81O6P/c1-12-17-19-20-21-22-23-24-25-37(41-29-26-38(51)33-44(41)47(6,7)14-3)36-50(56-57(54,55)32-18-13-2,42-30-27-39(52)34-45(42)48(8,9)15-4)43-31-28-40(53)35-46(43)49(10,11)16-5/h26-31,33-35,37,51-55,57H,12-25,32,36H2,1-11H3. The van der Waals surface area contributed by atoms with Gasteiger partial charge in [-0.25, -0.2) is 0 Å². The molecular weight excluding hydrogens is 728 g/mol. The molecule has 3 aromatic rings. The number of benzene rings is 3. The normalized spacial score (nSPS) is 13.9. The van der Waals surface area contributed by atoms with Crippen LogP contribution in [0.3, 0.4) is 0 Å². The van der Waals surface area contributed by atoms with E-state index in [2.05, 4.69) is 75.3 Å². The molecule has 0 amide bonds. The predicted octanol–water partition coefficient (Wildman–Crippen LogP) is 14.1. The van der Waals surface area contributed by atoms with Crippen LogP contribution in [0, 0.1) is 0 Å². The Morgan fingerprint density at radius 2 is 0.912 bits per heavy atom. The van der Waals surface area contributed by atoms with Crippen molar-refractivity contribution in [2.75, 3.05) is 6.16 Å². The zero-order valence-electron chi connectivity index (χ0n) is 37.7. The molecule has 0 aliphatic rings. The van der Waals surface area contributed by atoms with Gasteiger partial charge >= 0.3 is 336 Å². The Labute approximate surface area is 348 Å². The topological polar surface area (TPSA) is 110 Å². The van der Waals surface area contributed by atoms with Crippen LogP contribution in [0.15, 0.2) is 54.6 Å². The van der Waals surface area contributed by atoms with Gasteiger partial charge in [0.05, 0.1) is 0 Å². The molecule has 57 heavy (non-hydrogen) atoms. The Balaban J connectivity index is 2.54. The van der Waals surface area contributed by atoms with Gasteiger partial charge in [-0.15, -0.1) is 0 Å². The summed E-state index contributed by atoms with van der Waals surface area (Å²) in [6.07, 6.45) is 14.7. The van der Waals surface area contributed by atoms with E-state index in [4.69, 9.17) is 4.52 Å². The van der Waals surface area contributed by atoms with Crippen LogP contribution >= 0.6 is 7.94 Å². The van der Waals surface area contributed by atoms with Gasteiger partial charge in [-0.05, 0) is 0 Å². The number of phenolic OH excluding ortho intramolecular Hbond substituents is 3. The van der Waals surface area contributed by atoms with Crippen molar-refractivity contribution in [3.05, 3.63) is 88.0 Å². The molecule has 6 nitrogen and oxygen atoms in total. The average Bonchev–Trinajstić information content (AvgIpc) is 3.17. The van der Waals surface area contributed by atoms with Crippen LogP contribution in [0.4, 0.5) is 0 Å². The Kier molecular flexibility index (Phi) is 18.0. The molecule has 1 atom stereocenters. The summed E-state index contributed by atoms with van der Waals surface area (Å²) in [5.74, 6) is 0.414. The third kappa shape index (κ3) is 12.7. The van der Waals surface area contributed by atoms with Crippen molar-refractivity contribution in [3.63, 3.8) is 0 Å². The third-order valence-electron chi connectivity index (χ3n) is 13.3. The molecule has 0 saturated heterocycles. The van der Waals surface area contributed by atoms with E-state index in [1.807, 2.05) is 37.3 Å². The van der Waals surface area contributed by atoms with E-state index in [1.54, 1.807) is 18.2 Å². The van der Waals surface area contributed by atoms with Crippen LogP contribution in [-0.4, -0.2) is 31.3 Å².